The third-order valence-corrected chi connectivity index (χ3v) is 12.9. The zero-order valence-electron chi connectivity index (χ0n) is 25.8. The molecule has 10 heteroatoms. The number of thioether (sulfide) groups is 1. The summed E-state index contributed by atoms with van der Waals surface area (Å²) in [6, 6.07) is 8.40. The maximum absolute atomic E-state index is 14.0. The topological polar surface area (TPSA) is 114 Å². The number of nitriles is 1. The summed E-state index contributed by atoms with van der Waals surface area (Å²) >= 11 is 0.934. The Hall–Kier alpha value is -3.00. The smallest absolute Gasteiger partial charge is 0.310 e. The second kappa shape index (κ2) is 11.4. The van der Waals surface area contributed by atoms with E-state index < -0.39 is 17.1 Å². The van der Waals surface area contributed by atoms with Crippen LogP contribution in [0.4, 0.5) is 4.39 Å². The second-order valence-corrected chi connectivity index (χ2v) is 15.1. The molecule has 1 N–H and O–H groups in total. The van der Waals surface area contributed by atoms with Crippen LogP contribution in [-0.4, -0.2) is 56.6 Å². The van der Waals surface area contributed by atoms with Gasteiger partial charge in [-0.25, -0.2) is 9.07 Å². The highest BCUT2D eigenvalue weighted by atomic mass is 32.2. The molecule has 8 nitrogen and oxygen atoms in total. The average Bonchev–Trinajstić information content (AvgIpc) is 3.56. The van der Waals surface area contributed by atoms with Crippen molar-refractivity contribution in [2.45, 2.75) is 76.9 Å². The van der Waals surface area contributed by atoms with E-state index in [1.54, 1.807) is 12.1 Å². The van der Waals surface area contributed by atoms with E-state index in [9.17, 15) is 24.3 Å². The minimum atomic E-state index is -1.38. The molecule has 0 amide bonds. The number of carbonyl (C=O) groups is 2. The molecule has 3 saturated carbocycles. The summed E-state index contributed by atoms with van der Waals surface area (Å²) < 4.78 is 27.3. The zero-order chi connectivity index (χ0) is 31.6. The van der Waals surface area contributed by atoms with Crippen LogP contribution in [0.5, 0.6) is 0 Å². The summed E-state index contributed by atoms with van der Waals surface area (Å²) in [7, 11) is 0. The van der Waals surface area contributed by atoms with Gasteiger partial charge < -0.3 is 14.6 Å². The van der Waals surface area contributed by atoms with Gasteiger partial charge in [0.25, 0.3) is 0 Å². The Morgan fingerprint density at radius 3 is 2.69 bits per heavy atom. The van der Waals surface area contributed by atoms with Crippen molar-refractivity contribution in [1.82, 2.24) is 9.78 Å². The molecule has 1 saturated heterocycles. The fourth-order valence-electron chi connectivity index (χ4n) is 9.91. The van der Waals surface area contributed by atoms with Crippen LogP contribution in [0.25, 0.3) is 11.8 Å². The van der Waals surface area contributed by atoms with Crippen molar-refractivity contribution in [3.05, 3.63) is 53.1 Å². The summed E-state index contributed by atoms with van der Waals surface area (Å²) in [5.41, 5.74) is 1.77. The summed E-state index contributed by atoms with van der Waals surface area (Å²) in [4.78, 5) is 27.6. The molecule has 7 atom stereocenters. The quantitative estimate of drug-likeness (QED) is 0.420. The SMILES string of the molecule is CC12Cc3cnn(-c4ccc(F)cc4)c3C=C1CCC1[C@@H]2C(O)CC2(C)[C@H]1CCC2(OC(=O)C1CCOCC1)C(=O)SCC#N. The van der Waals surface area contributed by atoms with Crippen LogP contribution in [0.2, 0.25) is 0 Å². The van der Waals surface area contributed by atoms with Crippen LogP contribution < -0.4 is 0 Å². The van der Waals surface area contributed by atoms with Gasteiger partial charge in [-0.3, -0.25) is 9.59 Å². The van der Waals surface area contributed by atoms with E-state index in [0.717, 1.165) is 54.4 Å². The minimum Gasteiger partial charge on any atom is -0.449 e. The molecular formula is C35H40FN3O5S. The lowest BCUT2D eigenvalue weighted by molar-refractivity contribution is -0.200. The monoisotopic (exact) mass is 633 g/mol. The molecule has 0 radical (unpaired) electrons. The van der Waals surface area contributed by atoms with Crippen molar-refractivity contribution in [2.24, 2.45) is 34.5 Å². The van der Waals surface area contributed by atoms with E-state index in [1.165, 1.54) is 17.7 Å². The number of fused-ring (bicyclic) bond motifs is 6. The Balaban J connectivity index is 1.21. The van der Waals surface area contributed by atoms with Crippen LogP contribution in [0.1, 0.15) is 70.1 Å². The number of aliphatic hydroxyl groups is 1. The molecular weight excluding hydrogens is 593 g/mol. The van der Waals surface area contributed by atoms with E-state index in [4.69, 9.17) is 9.47 Å². The molecule has 5 unspecified atom stereocenters. The maximum Gasteiger partial charge on any atom is 0.310 e. The van der Waals surface area contributed by atoms with Gasteiger partial charge in [-0.05, 0) is 110 Å². The zero-order valence-corrected chi connectivity index (χ0v) is 26.7. The highest BCUT2D eigenvalue weighted by Gasteiger charge is 2.70. The molecule has 4 fully saturated rings. The van der Waals surface area contributed by atoms with Crippen molar-refractivity contribution < 1.29 is 28.6 Å². The number of hydrogen-bond acceptors (Lipinski definition) is 8. The molecule has 7 rings (SSSR count). The number of rotatable bonds is 5. The lowest BCUT2D eigenvalue weighted by atomic mass is 9.45. The fourth-order valence-corrected chi connectivity index (χ4v) is 10.7. The summed E-state index contributed by atoms with van der Waals surface area (Å²) in [6.45, 7) is 5.29. The highest BCUT2D eigenvalue weighted by Crippen LogP contribution is 2.69. The van der Waals surface area contributed by atoms with Gasteiger partial charge in [-0.1, -0.05) is 31.2 Å². The van der Waals surface area contributed by atoms with E-state index in [2.05, 4.69) is 24.2 Å². The summed E-state index contributed by atoms with van der Waals surface area (Å²) in [5.74, 6) is -0.772. The van der Waals surface area contributed by atoms with Gasteiger partial charge in [0.1, 0.15) is 5.82 Å². The molecule has 45 heavy (non-hydrogen) atoms. The standard InChI is InChI=1S/C35H40FN3O5S/c1-33-18-22-20-38-39(25-6-4-24(36)5-7-25)28(22)17-23(33)3-8-26-27-9-12-35(32(42)45-16-13-37,34(27,2)19-29(40)30(26)33)44-31(41)21-10-14-43-15-11-21/h4-7,17,20-21,26-27,29-30,40H,3,8-12,14-16,18-19H2,1-2H3/t26?,27-,29?,30+,33?,34?,35?/m0/s1. The first-order valence-electron chi connectivity index (χ1n) is 16.2. The summed E-state index contributed by atoms with van der Waals surface area (Å²) in [5, 5.41) is 25.8. The van der Waals surface area contributed by atoms with Crippen LogP contribution in [0, 0.1) is 51.6 Å². The van der Waals surface area contributed by atoms with E-state index >= 15 is 0 Å². The predicted molar refractivity (Wildman–Crippen MR) is 166 cm³/mol. The molecule has 2 aromatic rings. The number of carbonyl (C=O) groups excluding carboxylic acids is 2. The number of esters is 1. The van der Waals surface area contributed by atoms with Gasteiger partial charge in [-0.2, -0.15) is 10.4 Å². The number of nitrogens with zero attached hydrogens (tertiary/aromatic N) is 3. The van der Waals surface area contributed by atoms with Crippen molar-refractivity contribution in [3.8, 4) is 11.8 Å². The first kappa shape index (κ1) is 30.6. The number of allylic oxidation sites excluding steroid dienone is 1. The van der Waals surface area contributed by atoms with Gasteiger partial charge in [0, 0.05) is 18.6 Å². The maximum atomic E-state index is 14.0. The lowest BCUT2D eigenvalue weighted by Gasteiger charge is -2.60. The third-order valence-electron chi connectivity index (χ3n) is 12.0. The van der Waals surface area contributed by atoms with Crippen LogP contribution in [0.15, 0.2) is 36.0 Å². The molecule has 238 valence electrons. The average molecular weight is 634 g/mol. The fraction of sp³-hybridized carbons (Fsp3) is 0.600. The van der Waals surface area contributed by atoms with Crippen molar-refractivity contribution >= 4 is 28.9 Å². The lowest BCUT2D eigenvalue weighted by Crippen LogP contribution is -2.62. The predicted octanol–water partition coefficient (Wildman–Crippen LogP) is 5.66. The number of halogens is 1. The molecule has 1 aliphatic heterocycles. The normalized spacial score (nSPS) is 35.7. The Bertz CT molecular complexity index is 1580. The molecule has 0 spiro atoms. The molecule has 0 bridgehead atoms. The van der Waals surface area contributed by atoms with Gasteiger partial charge in [0.15, 0.2) is 5.60 Å². The minimum absolute atomic E-state index is 0.00901. The van der Waals surface area contributed by atoms with Gasteiger partial charge in [-0.15, -0.1) is 0 Å². The van der Waals surface area contributed by atoms with Crippen molar-refractivity contribution in [3.63, 3.8) is 0 Å². The number of benzene rings is 1. The van der Waals surface area contributed by atoms with Gasteiger partial charge in [0.05, 0.1) is 41.4 Å². The van der Waals surface area contributed by atoms with Crippen LogP contribution >= 0.6 is 11.8 Å². The molecule has 1 aromatic heterocycles. The van der Waals surface area contributed by atoms with E-state index in [1.807, 2.05) is 17.8 Å². The Morgan fingerprint density at radius 2 is 1.96 bits per heavy atom. The van der Waals surface area contributed by atoms with Gasteiger partial charge in [0.2, 0.25) is 5.12 Å². The molecule has 1 aromatic carbocycles. The molecule has 4 aliphatic carbocycles. The number of ether oxygens (including phenoxy) is 2. The molecule has 5 aliphatic rings. The van der Waals surface area contributed by atoms with Crippen molar-refractivity contribution in [2.75, 3.05) is 19.0 Å². The second-order valence-electron chi connectivity index (χ2n) is 14.1. The molecule has 2 heterocycles. The largest absolute Gasteiger partial charge is 0.449 e. The highest BCUT2D eigenvalue weighted by molar-refractivity contribution is 8.14. The van der Waals surface area contributed by atoms with Crippen LogP contribution in [-0.2, 0) is 25.5 Å². The van der Waals surface area contributed by atoms with Crippen molar-refractivity contribution in [1.29, 1.82) is 5.26 Å². The van der Waals surface area contributed by atoms with Crippen LogP contribution in [0.3, 0.4) is 0 Å². The number of hydrogen-bond donors (Lipinski definition) is 1. The van der Waals surface area contributed by atoms with Gasteiger partial charge >= 0.3 is 5.97 Å². The van der Waals surface area contributed by atoms with E-state index in [-0.39, 0.29) is 51.7 Å². The summed E-state index contributed by atoms with van der Waals surface area (Å²) in [6.07, 6.45) is 8.49. The Kier molecular flexibility index (Phi) is 7.73. The Morgan fingerprint density at radius 1 is 1.20 bits per heavy atom. The third kappa shape index (κ3) is 4.72. The number of aliphatic hydroxyl groups excluding tert-OH is 1. The first-order chi connectivity index (χ1) is 21.6. The Labute approximate surface area is 267 Å². The number of aromatic nitrogens is 2. The van der Waals surface area contributed by atoms with E-state index in [0.29, 0.717) is 38.9 Å². The first-order valence-corrected chi connectivity index (χ1v) is 17.2.